The summed E-state index contributed by atoms with van der Waals surface area (Å²) >= 11 is 0. The van der Waals surface area contributed by atoms with Crippen LogP contribution in [0.1, 0.15) is 27.2 Å². The van der Waals surface area contributed by atoms with E-state index in [2.05, 4.69) is 0 Å². The quantitative estimate of drug-likeness (QED) is 0.686. The summed E-state index contributed by atoms with van der Waals surface area (Å²) in [6.45, 7) is 7.39. The highest BCUT2D eigenvalue weighted by atomic mass is 16.3. The van der Waals surface area contributed by atoms with Crippen molar-refractivity contribution in [2.75, 3.05) is 19.6 Å². The predicted octanol–water partition coefficient (Wildman–Crippen LogP) is 0.226. The standard InChI is InChI=1S/C9H18N2O2/c1-4-11-8(12)5-6-10(11)7-9(2,3)13/h13H,4-7H2,1-3H3. The fourth-order valence-electron chi connectivity index (χ4n) is 1.62. The third-order valence-electron chi connectivity index (χ3n) is 2.08. The van der Waals surface area contributed by atoms with Crippen molar-refractivity contribution in [2.45, 2.75) is 32.8 Å². The molecule has 0 radical (unpaired) electrons. The van der Waals surface area contributed by atoms with Crippen LogP contribution in [0.5, 0.6) is 0 Å². The average molecular weight is 186 g/mol. The normalized spacial score (nSPS) is 20.0. The summed E-state index contributed by atoms with van der Waals surface area (Å²) in [5, 5.41) is 13.2. The predicted molar refractivity (Wildman–Crippen MR) is 49.9 cm³/mol. The number of hydrogen-bond acceptors (Lipinski definition) is 3. The molecule has 1 aliphatic rings. The van der Waals surface area contributed by atoms with Crippen LogP contribution in [-0.4, -0.2) is 46.3 Å². The van der Waals surface area contributed by atoms with Gasteiger partial charge in [0.1, 0.15) is 0 Å². The molecule has 0 unspecified atom stereocenters. The highest BCUT2D eigenvalue weighted by Crippen LogP contribution is 2.15. The number of amides is 1. The Balaban J connectivity index is 2.56. The van der Waals surface area contributed by atoms with Gasteiger partial charge in [-0.2, -0.15) is 0 Å². The van der Waals surface area contributed by atoms with Gasteiger partial charge >= 0.3 is 0 Å². The molecular formula is C9H18N2O2. The van der Waals surface area contributed by atoms with Crippen LogP contribution in [0.2, 0.25) is 0 Å². The van der Waals surface area contributed by atoms with Crippen molar-refractivity contribution in [3.05, 3.63) is 0 Å². The molecule has 4 nitrogen and oxygen atoms in total. The van der Waals surface area contributed by atoms with Gasteiger partial charge in [0.25, 0.3) is 0 Å². The van der Waals surface area contributed by atoms with E-state index in [0.717, 1.165) is 6.54 Å². The Bertz CT molecular complexity index is 198. The summed E-state index contributed by atoms with van der Waals surface area (Å²) in [4.78, 5) is 11.3. The third kappa shape index (κ3) is 2.67. The van der Waals surface area contributed by atoms with Crippen molar-refractivity contribution in [3.8, 4) is 0 Å². The lowest BCUT2D eigenvalue weighted by molar-refractivity contribution is -0.140. The maximum absolute atomic E-state index is 11.3. The smallest absolute Gasteiger partial charge is 0.238 e. The lowest BCUT2D eigenvalue weighted by Gasteiger charge is -2.31. The number of nitrogens with zero attached hydrogens (tertiary/aromatic N) is 2. The van der Waals surface area contributed by atoms with Gasteiger partial charge in [0.2, 0.25) is 5.91 Å². The average Bonchev–Trinajstić information content (AvgIpc) is 2.28. The van der Waals surface area contributed by atoms with Crippen LogP contribution in [0, 0.1) is 0 Å². The number of carbonyl (C=O) groups excluding carboxylic acids is 1. The molecule has 0 atom stereocenters. The first-order valence-corrected chi connectivity index (χ1v) is 4.71. The van der Waals surface area contributed by atoms with E-state index in [-0.39, 0.29) is 5.91 Å². The van der Waals surface area contributed by atoms with Gasteiger partial charge in [0.15, 0.2) is 0 Å². The number of aliphatic hydroxyl groups is 1. The summed E-state index contributed by atoms with van der Waals surface area (Å²) in [6, 6.07) is 0. The van der Waals surface area contributed by atoms with Gasteiger partial charge in [-0.15, -0.1) is 0 Å². The lowest BCUT2D eigenvalue weighted by Crippen LogP contribution is -2.46. The number of rotatable bonds is 3. The zero-order valence-corrected chi connectivity index (χ0v) is 8.58. The number of carbonyl (C=O) groups is 1. The molecule has 1 amide bonds. The SMILES string of the molecule is CCN1C(=O)CCN1CC(C)(C)O. The van der Waals surface area contributed by atoms with E-state index in [1.807, 2.05) is 11.9 Å². The molecule has 1 heterocycles. The molecule has 1 rings (SSSR count). The molecule has 0 aromatic heterocycles. The Morgan fingerprint density at radius 3 is 2.62 bits per heavy atom. The van der Waals surface area contributed by atoms with Gasteiger partial charge < -0.3 is 5.11 Å². The maximum atomic E-state index is 11.3. The van der Waals surface area contributed by atoms with E-state index in [1.165, 1.54) is 0 Å². The molecule has 1 N–H and O–H groups in total. The Kier molecular flexibility index (Phi) is 2.93. The fourth-order valence-corrected chi connectivity index (χ4v) is 1.62. The number of β-amino-alcohol motifs (C(OH)–C–C–N with tert-alkyl or cyclic N) is 1. The van der Waals surface area contributed by atoms with Crippen molar-refractivity contribution in [1.29, 1.82) is 0 Å². The Morgan fingerprint density at radius 1 is 1.54 bits per heavy atom. The number of hydrazine groups is 1. The summed E-state index contributed by atoms with van der Waals surface area (Å²) in [6.07, 6.45) is 0.573. The number of hydrogen-bond donors (Lipinski definition) is 1. The second-order valence-corrected chi connectivity index (χ2v) is 4.06. The van der Waals surface area contributed by atoms with Crippen molar-refractivity contribution in [3.63, 3.8) is 0 Å². The Labute approximate surface area is 79.1 Å². The topological polar surface area (TPSA) is 43.8 Å². The van der Waals surface area contributed by atoms with E-state index >= 15 is 0 Å². The molecule has 0 saturated carbocycles. The van der Waals surface area contributed by atoms with Gasteiger partial charge in [0.05, 0.1) is 5.60 Å². The first-order valence-electron chi connectivity index (χ1n) is 4.71. The van der Waals surface area contributed by atoms with Gasteiger partial charge in [-0.1, -0.05) is 0 Å². The molecule has 1 aliphatic heterocycles. The minimum atomic E-state index is -0.738. The van der Waals surface area contributed by atoms with E-state index < -0.39 is 5.60 Å². The van der Waals surface area contributed by atoms with Crippen LogP contribution in [-0.2, 0) is 4.79 Å². The van der Waals surface area contributed by atoms with Crippen LogP contribution in [0.15, 0.2) is 0 Å². The van der Waals surface area contributed by atoms with Crippen LogP contribution >= 0.6 is 0 Å². The van der Waals surface area contributed by atoms with Crippen molar-refractivity contribution >= 4 is 5.91 Å². The van der Waals surface area contributed by atoms with Gasteiger partial charge in [-0.25, -0.2) is 5.01 Å². The second-order valence-electron chi connectivity index (χ2n) is 4.06. The maximum Gasteiger partial charge on any atom is 0.238 e. The zero-order valence-electron chi connectivity index (χ0n) is 8.58. The van der Waals surface area contributed by atoms with Crippen LogP contribution in [0.3, 0.4) is 0 Å². The van der Waals surface area contributed by atoms with Crippen molar-refractivity contribution in [2.24, 2.45) is 0 Å². The van der Waals surface area contributed by atoms with Crippen LogP contribution in [0.25, 0.3) is 0 Å². The molecule has 0 spiro atoms. The van der Waals surface area contributed by atoms with Gasteiger partial charge in [-0.05, 0) is 20.8 Å². The van der Waals surface area contributed by atoms with Crippen molar-refractivity contribution in [1.82, 2.24) is 10.0 Å². The molecule has 0 aromatic carbocycles. The first kappa shape index (κ1) is 10.5. The van der Waals surface area contributed by atoms with Crippen LogP contribution < -0.4 is 0 Å². The largest absolute Gasteiger partial charge is 0.389 e. The highest BCUT2D eigenvalue weighted by molar-refractivity contribution is 5.77. The fraction of sp³-hybridized carbons (Fsp3) is 0.889. The van der Waals surface area contributed by atoms with E-state index in [9.17, 15) is 9.90 Å². The third-order valence-corrected chi connectivity index (χ3v) is 2.08. The first-order chi connectivity index (χ1) is 5.94. The van der Waals surface area contributed by atoms with E-state index in [0.29, 0.717) is 19.5 Å². The van der Waals surface area contributed by atoms with Crippen molar-refractivity contribution < 1.29 is 9.90 Å². The summed E-state index contributed by atoms with van der Waals surface area (Å²) in [7, 11) is 0. The highest BCUT2D eigenvalue weighted by Gasteiger charge is 2.30. The van der Waals surface area contributed by atoms with E-state index in [4.69, 9.17) is 0 Å². The molecule has 0 aromatic rings. The molecule has 76 valence electrons. The zero-order chi connectivity index (χ0) is 10.1. The monoisotopic (exact) mass is 186 g/mol. The second kappa shape index (κ2) is 3.64. The van der Waals surface area contributed by atoms with Crippen LogP contribution in [0.4, 0.5) is 0 Å². The molecule has 1 saturated heterocycles. The Morgan fingerprint density at radius 2 is 2.15 bits per heavy atom. The molecular weight excluding hydrogens is 168 g/mol. The lowest BCUT2D eigenvalue weighted by atomic mass is 10.1. The molecule has 0 bridgehead atoms. The molecule has 13 heavy (non-hydrogen) atoms. The summed E-state index contributed by atoms with van der Waals surface area (Å²) in [5.74, 6) is 0.159. The Hall–Kier alpha value is -0.610. The summed E-state index contributed by atoms with van der Waals surface area (Å²) < 4.78 is 0. The molecule has 0 aliphatic carbocycles. The summed E-state index contributed by atoms with van der Waals surface area (Å²) in [5.41, 5.74) is -0.738. The van der Waals surface area contributed by atoms with Gasteiger partial charge in [-0.3, -0.25) is 9.80 Å². The molecule has 4 heteroatoms. The minimum absolute atomic E-state index is 0.159. The van der Waals surface area contributed by atoms with Gasteiger partial charge in [0, 0.05) is 26.1 Å². The minimum Gasteiger partial charge on any atom is -0.389 e. The molecule has 1 fully saturated rings. The van der Waals surface area contributed by atoms with E-state index in [1.54, 1.807) is 18.9 Å².